The number of amides is 1. The number of ether oxygens (including phenoxy) is 1. The highest BCUT2D eigenvalue weighted by atomic mass is 35.5. The van der Waals surface area contributed by atoms with E-state index in [9.17, 15) is 14.0 Å². The van der Waals surface area contributed by atoms with E-state index in [0.29, 0.717) is 0 Å². The van der Waals surface area contributed by atoms with Crippen LogP contribution in [-0.4, -0.2) is 41.3 Å². The highest BCUT2D eigenvalue weighted by molar-refractivity contribution is 6.32. The van der Waals surface area contributed by atoms with Crippen LogP contribution in [0.4, 0.5) is 4.39 Å². The molecule has 1 unspecified atom stereocenters. The fourth-order valence-electron chi connectivity index (χ4n) is 1.26. The minimum Gasteiger partial charge on any atom is -0.482 e. The second-order valence-electron chi connectivity index (χ2n) is 3.86. The highest BCUT2D eigenvalue weighted by Gasteiger charge is 2.13. The summed E-state index contributed by atoms with van der Waals surface area (Å²) in [5, 5.41) is 19.8. The van der Waals surface area contributed by atoms with Crippen molar-refractivity contribution in [1.29, 1.82) is 0 Å². The van der Waals surface area contributed by atoms with E-state index in [0.717, 1.165) is 12.1 Å². The minimum absolute atomic E-state index is 0.00713. The average Bonchev–Trinajstić information content (AvgIpc) is 2.37. The molecule has 1 aromatic carbocycles. The second kappa shape index (κ2) is 7.66. The molecule has 0 bridgehead atoms. The molecule has 0 saturated heterocycles. The molecule has 3 N–H and O–H groups in total. The summed E-state index contributed by atoms with van der Waals surface area (Å²) in [5.74, 6) is -2.22. The van der Waals surface area contributed by atoms with Crippen molar-refractivity contribution in [3.8, 4) is 5.75 Å². The molecule has 8 heteroatoms. The van der Waals surface area contributed by atoms with E-state index >= 15 is 0 Å². The predicted molar refractivity (Wildman–Crippen MR) is 68.2 cm³/mol. The molecule has 1 aromatic rings. The maximum Gasteiger partial charge on any atom is 0.332 e. The highest BCUT2D eigenvalue weighted by Crippen LogP contribution is 2.24. The van der Waals surface area contributed by atoms with Crippen LogP contribution in [0.3, 0.4) is 0 Å². The SMILES string of the molecule is O=C(COc1ccc(F)cc1Cl)NCCC(O)C(=O)O. The fourth-order valence-corrected chi connectivity index (χ4v) is 1.48. The Morgan fingerprint density at radius 1 is 1.45 bits per heavy atom. The molecule has 0 heterocycles. The Bertz CT molecular complexity index is 497. The zero-order valence-electron chi connectivity index (χ0n) is 10.3. The van der Waals surface area contributed by atoms with Gasteiger partial charge >= 0.3 is 5.97 Å². The van der Waals surface area contributed by atoms with Crippen LogP contribution in [0.15, 0.2) is 18.2 Å². The number of carboxylic acid groups (broad SMARTS) is 1. The third-order valence-corrected chi connectivity index (χ3v) is 2.57. The van der Waals surface area contributed by atoms with Gasteiger partial charge in [-0.05, 0) is 18.2 Å². The lowest BCUT2D eigenvalue weighted by atomic mass is 10.2. The van der Waals surface area contributed by atoms with E-state index in [4.69, 9.17) is 26.6 Å². The quantitative estimate of drug-likeness (QED) is 0.693. The molecule has 1 amide bonds. The van der Waals surface area contributed by atoms with Crippen LogP contribution in [0, 0.1) is 5.82 Å². The lowest BCUT2D eigenvalue weighted by molar-refractivity contribution is -0.147. The van der Waals surface area contributed by atoms with Gasteiger partial charge in [0.05, 0.1) is 5.02 Å². The number of halogens is 2. The van der Waals surface area contributed by atoms with Crippen molar-refractivity contribution in [3.63, 3.8) is 0 Å². The van der Waals surface area contributed by atoms with Crippen LogP contribution in [0.2, 0.25) is 5.02 Å². The van der Waals surface area contributed by atoms with Gasteiger partial charge < -0.3 is 20.3 Å². The first-order valence-electron chi connectivity index (χ1n) is 5.65. The number of hydrogen-bond donors (Lipinski definition) is 3. The third kappa shape index (κ3) is 5.41. The van der Waals surface area contributed by atoms with Gasteiger partial charge in [0.1, 0.15) is 11.6 Å². The number of aliphatic hydroxyl groups is 1. The molecule has 0 saturated carbocycles. The van der Waals surface area contributed by atoms with Crippen LogP contribution in [-0.2, 0) is 9.59 Å². The van der Waals surface area contributed by atoms with Crippen molar-refractivity contribution in [1.82, 2.24) is 5.32 Å². The zero-order valence-corrected chi connectivity index (χ0v) is 11.1. The van der Waals surface area contributed by atoms with Crippen LogP contribution in [0.1, 0.15) is 6.42 Å². The number of carbonyl (C=O) groups is 2. The molecule has 0 radical (unpaired) electrons. The maximum absolute atomic E-state index is 12.8. The number of rotatable bonds is 7. The van der Waals surface area contributed by atoms with E-state index < -0.39 is 23.8 Å². The van der Waals surface area contributed by atoms with Gasteiger partial charge in [-0.2, -0.15) is 0 Å². The summed E-state index contributed by atoms with van der Waals surface area (Å²) in [6.45, 7) is -0.360. The molecule has 110 valence electrons. The molecular formula is C12H13ClFNO5. The monoisotopic (exact) mass is 305 g/mol. The number of hydrogen-bond acceptors (Lipinski definition) is 4. The number of benzene rings is 1. The Morgan fingerprint density at radius 3 is 2.75 bits per heavy atom. The van der Waals surface area contributed by atoms with Crippen molar-refractivity contribution in [2.24, 2.45) is 0 Å². The van der Waals surface area contributed by atoms with Gasteiger partial charge in [0.25, 0.3) is 5.91 Å². The number of carboxylic acids is 1. The van der Waals surface area contributed by atoms with Crippen molar-refractivity contribution in [2.75, 3.05) is 13.2 Å². The Kier molecular flexibility index (Phi) is 6.20. The average molecular weight is 306 g/mol. The van der Waals surface area contributed by atoms with E-state index in [1.165, 1.54) is 6.07 Å². The van der Waals surface area contributed by atoms with Crippen molar-refractivity contribution >= 4 is 23.5 Å². The molecule has 0 aliphatic heterocycles. The van der Waals surface area contributed by atoms with Crippen LogP contribution in [0.25, 0.3) is 0 Å². The fraction of sp³-hybridized carbons (Fsp3) is 0.333. The smallest absolute Gasteiger partial charge is 0.332 e. The molecule has 0 aliphatic rings. The van der Waals surface area contributed by atoms with Crippen molar-refractivity contribution in [2.45, 2.75) is 12.5 Å². The summed E-state index contributed by atoms with van der Waals surface area (Å²) < 4.78 is 17.8. The lowest BCUT2D eigenvalue weighted by Gasteiger charge is -2.09. The molecule has 6 nitrogen and oxygen atoms in total. The number of nitrogens with one attached hydrogen (secondary N) is 1. The number of aliphatic carboxylic acids is 1. The van der Waals surface area contributed by atoms with Gasteiger partial charge in [-0.25, -0.2) is 9.18 Å². The summed E-state index contributed by atoms with van der Waals surface area (Å²) in [6.07, 6.45) is -1.64. The minimum atomic E-state index is -1.53. The Morgan fingerprint density at radius 2 is 2.15 bits per heavy atom. The standard InChI is InChI=1S/C12H13ClFNO5/c13-8-5-7(14)1-2-10(8)20-6-11(17)15-4-3-9(16)12(18)19/h1-2,5,9,16H,3-4,6H2,(H,15,17)(H,18,19). The van der Waals surface area contributed by atoms with Gasteiger partial charge in [0.15, 0.2) is 12.7 Å². The topological polar surface area (TPSA) is 95.9 Å². The van der Waals surface area contributed by atoms with Crippen molar-refractivity contribution in [3.05, 3.63) is 29.0 Å². The van der Waals surface area contributed by atoms with Gasteiger partial charge in [0.2, 0.25) is 0 Å². The van der Waals surface area contributed by atoms with E-state index in [2.05, 4.69) is 5.32 Å². The summed E-state index contributed by atoms with van der Waals surface area (Å²) in [4.78, 5) is 21.7. The molecule has 1 atom stereocenters. The first-order chi connectivity index (χ1) is 9.40. The Hall–Kier alpha value is -1.86. The van der Waals surface area contributed by atoms with Gasteiger partial charge in [-0.15, -0.1) is 0 Å². The normalized spacial score (nSPS) is 11.8. The van der Waals surface area contributed by atoms with Crippen LogP contribution >= 0.6 is 11.6 Å². The van der Waals surface area contributed by atoms with Gasteiger partial charge in [0, 0.05) is 13.0 Å². The maximum atomic E-state index is 12.8. The first kappa shape index (κ1) is 16.2. The van der Waals surface area contributed by atoms with E-state index in [-0.39, 0.29) is 30.3 Å². The molecule has 0 spiro atoms. The van der Waals surface area contributed by atoms with Gasteiger partial charge in [-0.1, -0.05) is 11.6 Å². The molecule has 0 fully saturated rings. The van der Waals surface area contributed by atoms with E-state index in [1.54, 1.807) is 0 Å². The Labute approximate surface area is 119 Å². The zero-order chi connectivity index (χ0) is 15.1. The van der Waals surface area contributed by atoms with Crippen LogP contribution in [0.5, 0.6) is 5.75 Å². The predicted octanol–water partition coefficient (Wildman–Crippen LogP) is 0.810. The first-order valence-corrected chi connectivity index (χ1v) is 6.03. The summed E-state index contributed by atoms with van der Waals surface area (Å²) in [7, 11) is 0. The third-order valence-electron chi connectivity index (χ3n) is 2.28. The second-order valence-corrected chi connectivity index (χ2v) is 4.26. The van der Waals surface area contributed by atoms with Crippen LogP contribution < -0.4 is 10.1 Å². The molecule has 0 aromatic heterocycles. The molecule has 20 heavy (non-hydrogen) atoms. The summed E-state index contributed by atoms with van der Waals surface area (Å²) in [5.41, 5.74) is 0. The molecule has 0 aliphatic carbocycles. The summed E-state index contributed by atoms with van der Waals surface area (Å²) in [6, 6.07) is 3.49. The molecular weight excluding hydrogens is 293 g/mol. The number of carbonyl (C=O) groups excluding carboxylic acids is 1. The van der Waals surface area contributed by atoms with Gasteiger partial charge in [-0.3, -0.25) is 4.79 Å². The lowest BCUT2D eigenvalue weighted by Crippen LogP contribution is -2.33. The summed E-state index contributed by atoms with van der Waals surface area (Å²) >= 11 is 5.70. The Balaban J connectivity index is 2.31. The largest absolute Gasteiger partial charge is 0.482 e. The van der Waals surface area contributed by atoms with E-state index in [1.807, 2.05) is 0 Å². The van der Waals surface area contributed by atoms with Crippen molar-refractivity contribution < 1.29 is 28.9 Å². The number of aliphatic hydroxyl groups excluding tert-OH is 1. The molecule has 1 rings (SSSR count).